The third-order valence-electron chi connectivity index (χ3n) is 2.20. The molecule has 0 saturated carbocycles. The summed E-state index contributed by atoms with van der Waals surface area (Å²) in [7, 11) is 0. The average molecular weight is 206 g/mol. The fourth-order valence-corrected chi connectivity index (χ4v) is 1.42. The summed E-state index contributed by atoms with van der Waals surface area (Å²) in [4.78, 5) is 10.5. The van der Waals surface area contributed by atoms with Gasteiger partial charge in [0.15, 0.2) is 12.4 Å². The molecule has 0 spiro atoms. The van der Waals surface area contributed by atoms with Crippen LogP contribution in [0.15, 0.2) is 24.3 Å². The minimum absolute atomic E-state index is 0.0270. The van der Waals surface area contributed by atoms with Crippen molar-refractivity contribution in [3.8, 4) is 5.75 Å². The van der Waals surface area contributed by atoms with Crippen molar-refractivity contribution in [3.63, 3.8) is 0 Å². The van der Waals surface area contributed by atoms with Gasteiger partial charge in [-0.1, -0.05) is 39.0 Å². The van der Waals surface area contributed by atoms with Gasteiger partial charge in [-0.05, 0) is 24.0 Å². The lowest BCUT2D eigenvalue weighted by Crippen LogP contribution is -2.18. The van der Waals surface area contributed by atoms with E-state index in [2.05, 4.69) is 20.8 Å². The van der Waals surface area contributed by atoms with E-state index in [0.717, 1.165) is 17.6 Å². The first-order chi connectivity index (χ1) is 6.95. The van der Waals surface area contributed by atoms with E-state index in [0.29, 0.717) is 0 Å². The molecule has 0 amide bonds. The van der Waals surface area contributed by atoms with E-state index in [4.69, 9.17) is 4.74 Å². The van der Waals surface area contributed by atoms with E-state index in [1.165, 1.54) is 0 Å². The molecule has 0 N–H and O–H groups in total. The molecular formula is C13H18O2. The maximum atomic E-state index is 10.5. The molecule has 0 radical (unpaired) electrons. The molecule has 1 aromatic carbocycles. The summed E-state index contributed by atoms with van der Waals surface area (Å²) >= 11 is 0. The molecule has 82 valence electrons. The van der Waals surface area contributed by atoms with Gasteiger partial charge in [0.1, 0.15) is 5.75 Å². The molecule has 0 aliphatic heterocycles. The molecule has 0 aliphatic rings. The Morgan fingerprint density at radius 1 is 1.27 bits per heavy atom. The van der Waals surface area contributed by atoms with Crippen molar-refractivity contribution in [2.24, 2.45) is 0 Å². The van der Waals surface area contributed by atoms with Gasteiger partial charge >= 0.3 is 0 Å². The summed E-state index contributed by atoms with van der Waals surface area (Å²) in [5, 5.41) is 0. The molecule has 0 heterocycles. The highest BCUT2D eigenvalue weighted by Gasteiger charge is 2.19. The number of benzene rings is 1. The first-order valence-corrected chi connectivity index (χ1v) is 5.16. The van der Waals surface area contributed by atoms with E-state index < -0.39 is 6.10 Å². The van der Waals surface area contributed by atoms with Crippen molar-refractivity contribution in [1.82, 2.24) is 0 Å². The Morgan fingerprint density at radius 3 is 2.40 bits per heavy atom. The van der Waals surface area contributed by atoms with Gasteiger partial charge in [-0.3, -0.25) is 4.79 Å². The predicted octanol–water partition coefficient (Wildman–Crippen LogP) is 2.95. The Balaban J connectivity index is 3.02. The summed E-state index contributed by atoms with van der Waals surface area (Å²) in [6.45, 7) is 8.12. The van der Waals surface area contributed by atoms with Crippen LogP contribution in [-0.2, 0) is 10.2 Å². The van der Waals surface area contributed by atoms with Crippen LogP contribution in [0.4, 0.5) is 0 Å². The fourth-order valence-electron chi connectivity index (χ4n) is 1.42. The number of rotatable bonds is 3. The lowest BCUT2D eigenvalue weighted by Gasteiger charge is -2.23. The highest BCUT2D eigenvalue weighted by Crippen LogP contribution is 2.31. The van der Waals surface area contributed by atoms with Crippen LogP contribution >= 0.6 is 0 Å². The van der Waals surface area contributed by atoms with Gasteiger partial charge in [-0.2, -0.15) is 0 Å². The minimum atomic E-state index is -0.395. The molecule has 0 fully saturated rings. The van der Waals surface area contributed by atoms with Crippen LogP contribution in [0, 0.1) is 0 Å². The molecule has 0 aromatic heterocycles. The highest BCUT2D eigenvalue weighted by molar-refractivity contribution is 5.56. The molecule has 2 heteroatoms. The number of hydrogen-bond acceptors (Lipinski definition) is 2. The summed E-state index contributed by atoms with van der Waals surface area (Å²) in [5.41, 5.74) is 1.15. The monoisotopic (exact) mass is 206 g/mol. The van der Waals surface area contributed by atoms with Crippen LogP contribution in [0.3, 0.4) is 0 Å². The number of hydrogen-bond donors (Lipinski definition) is 0. The number of ether oxygens (including phenoxy) is 1. The van der Waals surface area contributed by atoms with Gasteiger partial charge in [0.05, 0.1) is 0 Å². The van der Waals surface area contributed by atoms with Crippen molar-refractivity contribution in [2.75, 3.05) is 0 Å². The molecule has 0 bridgehead atoms. The van der Waals surface area contributed by atoms with E-state index in [1.54, 1.807) is 6.92 Å². The van der Waals surface area contributed by atoms with Crippen molar-refractivity contribution in [1.29, 1.82) is 0 Å². The average Bonchev–Trinajstić information content (AvgIpc) is 2.17. The second kappa shape index (κ2) is 4.47. The fraction of sp³-hybridized carbons (Fsp3) is 0.462. The Labute approximate surface area is 91.3 Å². The van der Waals surface area contributed by atoms with Gasteiger partial charge in [0, 0.05) is 0 Å². The quantitative estimate of drug-likeness (QED) is 0.711. The van der Waals surface area contributed by atoms with E-state index in [1.807, 2.05) is 24.3 Å². The van der Waals surface area contributed by atoms with Gasteiger partial charge in [-0.25, -0.2) is 0 Å². The molecule has 1 atom stereocenters. The molecule has 0 unspecified atom stereocenters. The first-order valence-electron chi connectivity index (χ1n) is 5.16. The summed E-state index contributed by atoms with van der Waals surface area (Å²) in [6, 6.07) is 7.84. The van der Waals surface area contributed by atoms with Crippen LogP contribution in [0.25, 0.3) is 0 Å². The Kier molecular flexibility index (Phi) is 3.51. The van der Waals surface area contributed by atoms with Crippen LogP contribution in [-0.4, -0.2) is 12.4 Å². The highest BCUT2D eigenvalue weighted by atomic mass is 16.5. The zero-order chi connectivity index (χ0) is 11.5. The number of para-hydroxylation sites is 1. The molecule has 2 nitrogen and oxygen atoms in total. The van der Waals surface area contributed by atoms with Crippen molar-refractivity contribution in [3.05, 3.63) is 29.8 Å². The van der Waals surface area contributed by atoms with Crippen LogP contribution in [0.1, 0.15) is 33.3 Å². The van der Waals surface area contributed by atoms with Crippen LogP contribution < -0.4 is 4.74 Å². The van der Waals surface area contributed by atoms with Crippen molar-refractivity contribution in [2.45, 2.75) is 39.2 Å². The van der Waals surface area contributed by atoms with Crippen LogP contribution in [0.2, 0.25) is 0 Å². The summed E-state index contributed by atoms with van der Waals surface area (Å²) in [5.74, 6) is 0.796. The smallest absolute Gasteiger partial charge is 0.160 e. The second-order valence-electron chi connectivity index (χ2n) is 4.71. The number of aldehydes is 1. The van der Waals surface area contributed by atoms with Crippen molar-refractivity contribution >= 4 is 6.29 Å². The maximum absolute atomic E-state index is 10.5. The Hall–Kier alpha value is -1.31. The standard InChI is InChI=1S/C13H18O2/c1-10(9-14)15-12-8-6-5-7-11(12)13(2,3)4/h5-10H,1-4H3/t10-/m1/s1. The Morgan fingerprint density at radius 2 is 1.87 bits per heavy atom. The Bertz CT molecular complexity index is 337. The zero-order valence-electron chi connectivity index (χ0n) is 9.78. The molecule has 1 aromatic rings. The third-order valence-corrected chi connectivity index (χ3v) is 2.20. The van der Waals surface area contributed by atoms with Gasteiger partial charge < -0.3 is 4.74 Å². The molecule has 1 rings (SSSR count). The number of carbonyl (C=O) groups is 1. The molecule has 0 saturated heterocycles. The second-order valence-corrected chi connectivity index (χ2v) is 4.71. The normalized spacial score (nSPS) is 13.3. The van der Waals surface area contributed by atoms with Gasteiger partial charge in [0.2, 0.25) is 0 Å². The lowest BCUT2D eigenvalue weighted by molar-refractivity contribution is -0.113. The lowest BCUT2D eigenvalue weighted by atomic mass is 9.86. The largest absolute Gasteiger partial charge is 0.483 e. The van der Waals surface area contributed by atoms with Gasteiger partial charge in [-0.15, -0.1) is 0 Å². The van der Waals surface area contributed by atoms with Crippen LogP contribution in [0.5, 0.6) is 5.75 Å². The maximum Gasteiger partial charge on any atom is 0.160 e. The topological polar surface area (TPSA) is 26.3 Å². The minimum Gasteiger partial charge on any atom is -0.483 e. The molecule has 0 aliphatic carbocycles. The first kappa shape index (κ1) is 11.8. The molecule has 15 heavy (non-hydrogen) atoms. The SMILES string of the molecule is C[C@H](C=O)Oc1ccccc1C(C)(C)C. The predicted molar refractivity (Wildman–Crippen MR) is 61.3 cm³/mol. The summed E-state index contributed by atoms with van der Waals surface area (Å²) in [6.07, 6.45) is 0.410. The van der Waals surface area contributed by atoms with Gasteiger partial charge in [0.25, 0.3) is 0 Å². The third kappa shape index (κ3) is 3.08. The number of carbonyl (C=O) groups excluding carboxylic acids is 1. The zero-order valence-corrected chi connectivity index (χ0v) is 9.78. The van der Waals surface area contributed by atoms with E-state index in [-0.39, 0.29) is 5.41 Å². The molecular weight excluding hydrogens is 188 g/mol. The summed E-state index contributed by atoms with van der Waals surface area (Å²) < 4.78 is 5.55. The van der Waals surface area contributed by atoms with E-state index in [9.17, 15) is 4.79 Å². The van der Waals surface area contributed by atoms with Crippen molar-refractivity contribution < 1.29 is 9.53 Å². The van der Waals surface area contributed by atoms with E-state index >= 15 is 0 Å².